The molecule has 0 spiro atoms. The van der Waals surface area contributed by atoms with Crippen LogP contribution in [0.5, 0.6) is 0 Å². The predicted octanol–water partition coefficient (Wildman–Crippen LogP) is 9.58. The topological polar surface area (TPSA) is 151 Å². The molecule has 4 unspecified atom stereocenters. The van der Waals surface area contributed by atoms with Gasteiger partial charge in [-0.1, -0.05) is 167 Å². The molecule has 290 valence electrons. The smallest absolute Gasteiger partial charge is 0.393 e. The maximum absolute atomic E-state index is 12.7. The molecule has 0 aliphatic heterocycles. The Bertz CT molecular complexity index is 842. The predicted molar refractivity (Wildman–Crippen MR) is 204 cm³/mol. The molecule has 0 radical (unpaired) electrons. The van der Waals surface area contributed by atoms with E-state index in [1.165, 1.54) is 116 Å². The molecule has 0 saturated carbocycles. The van der Waals surface area contributed by atoms with Crippen molar-refractivity contribution in [2.24, 2.45) is 5.73 Å². The number of unbranched alkanes of at least 4 members (excludes halogenated alkanes) is 21. The zero-order valence-electron chi connectivity index (χ0n) is 31.5. The van der Waals surface area contributed by atoms with Crippen molar-refractivity contribution < 1.29 is 33.5 Å². The van der Waals surface area contributed by atoms with Crippen LogP contribution in [0.15, 0.2) is 24.3 Å². The van der Waals surface area contributed by atoms with E-state index in [9.17, 15) is 24.5 Å². The van der Waals surface area contributed by atoms with Gasteiger partial charge in [-0.3, -0.25) is 13.8 Å². The number of aliphatic hydroxyl groups is 2. The van der Waals surface area contributed by atoms with Crippen LogP contribution in [-0.2, 0) is 18.4 Å². The van der Waals surface area contributed by atoms with Crippen molar-refractivity contribution in [3.05, 3.63) is 24.3 Å². The lowest BCUT2D eigenvalue weighted by Gasteiger charge is -2.24. The molecular formula is C39H77N2O7P. The molecule has 0 aromatic carbocycles. The number of nitrogens with two attached hydrogens (primary N) is 1. The minimum absolute atomic E-state index is 0.0455. The number of hydrogen-bond donors (Lipinski definition) is 5. The van der Waals surface area contributed by atoms with Gasteiger partial charge in [0.15, 0.2) is 0 Å². The first-order valence-electron chi connectivity index (χ1n) is 20.0. The van der Waals surface area contributed by atoms with Gasteiger partial charge < -0.3 is 26.2 Å². The number of hydrogen-bond acceptors (Lipinski definition) is 7. The van der Waals surface area contributed by atoms with Crippen LogP contribution < -0.4 is 11.1 Å². The number of rotatable bonds is 37. The van der Waals surface area contributed by atoms with Crippen LogP contribution in [0.2, 0.25) is 0 Å². The number of amides is 1. The fraction of sp³-hybridized carbons (Fsp3) is 0.872. The van der Waals surface area contributed by atoms with Crippen molar-refractivity contribution in [3.63, 3.8) is 0 Å². The Kier molecular flexibility index (Phi) is 34.6. The molecule has 10 heteroatoms. The number of phosphoric ester groups is 1. The SMILES string of the molecule is CCCCC/C=C/CC/C=C/C(O)C(COP(=O)(O)OCCN)NC(=O)CC(O)CCCCCCCCCCCCCCCCCCCC. The molecule has 0 aliphatic carbocycles. The van der Waals surface area contributed by atoms with Crippen molar-refractivity contribution in [1.29, 1.82) is 0 Å². The maximum Gasteiger partial charge on any atom is 0.472 e. The van der Waals surface area contributed by atoms with E-state index in [1.807, 2.05) is 6.08 Å². The largest absolute Gasteiger partial charge is 0.472 e. The Hall–Kier alpha value is -1.06. The molecule has 9 nitrogen and oxygen atoms in total. The van der Waals surface area contributed by atoms with Crippen LogP contribution in [0.4, 0.5) is 0 Å². The molecule has 0 aliphatic rings. The molecule has 0 rings (SSSR count). The van der Waals surface area contributed by atoms with E-state index in [4.69, 9.17) is 14.8 Å². The second-order valence-corrected chi connectivity index (χ2v) is 15.1. The highest BCUT2D eigenvalue weighted by molar-refractivity contribution is 7.47. The summed E-state index contributed by atoms with van der Waals surface area (Å²) in [6.07, 6.45) is 35.7. The standard InChI is InChI=1S/C39H77N2O7P/c1-3-5-7-9-11-13-14-15-16-17-18-19-20-21-23-24-26-28-30-36(42)34-39(44)41-37(35-48-49(45,46)47-33-32-40)38(43)31-29-27-25-22-12-10-8-6-4-2/h12,22,29,31,36-38,42-43H,3-11,13-21,23-28,30,32-35,40H2,1-2H3,(H,41,44)(H,45,46)/b22-12+,31-29+. The first-order valence-corrected chi connectivity index (χ1v) is 21.5. The zero-order valence-corrected chi connectivity index (χ0v) is 32.4. The Morgan fingerprint density at radius 1 is 0.694 bits per heavy atom. The van der Waals surface area contributed by atoms with Crippen molar-refractivity contribution in [3.8, 4) is 0 Å². The average Bonchev–Trinajstić information content (AvgIpc) is 3.07. The van der Waals surface area contributed by atoms with Crippen LogP contribution in [0, 0.1) is 0 Å². The molecule has 0 aromatic rings. The molecule has 4 atom stereocenters. The van der Waals surface area contributed by atoms with Gasteiger partial charge in [-0.05, 0) is 32.1 Å². The van der Waals surface area contributed by atoms with Gasteiger partial charge in [0, 0.05) is 6.54 Å². The summed E-state index contributed by atoms with van der Waals surface area (Å²) in [6.45, 7) is 3.89. The van der Waals surface area contributed by atoms with Gasteiger partial charge in [0.2, 0.25) is 5.91 Å². The number of nitrogens with one attached hydrogen (secondary N) is 1. The van der Waals surface area contributed by atoms with Gasteiger partial charge in [-0.25, -0.2) is 4.57 Å². The third-order valence-electron chi connectivity index (χ3n) is 8.83. The Morgan fingerprint density at radius 2 is 1.16 bits per heavy atom. The normalized spacial score (nSPS) is 15.1. The summed E-state index contributed by atoms with van der Waals surface area (Å²) in [7, 11) is -4.39. The van der Waals surface area contributed by atoms with E-state index < -0.39 is 38.6 Å². The fourth-order valence-corrected chi connectivity index (χ4v) is 6.54. The Labute approximate surface area is 300 Å². The number of allylic oxidation sites excluding steroid dienone is 3. The maximum atomic E-state index is 12.7. The fourth-order valence-electron chi connectivity index (χ4n) is 5.78. The van der Waals surface area contributed by atoms with Gasteiger partial charge in [-0.2, -0.15) is 0 Å². The quantitative estimate of drug-likeness (QED) is 0.0242. The molecule has 0 heterocycles. The monoisotopic (exact) mass is 717 g/mol. The van der Waals surface area contributed by atoms with Crippen molar-refractivity contribution in [2.75, 3.05) is 19.8 Å². The molecule has 0 saturated heterocycles. The Balaban J connectivity index is 4.25. The van der Waals surface area contributed by atoms with Crippen LogP contribution in [0.3, 0.4) is 0 Å². The molecule has 1 amide bonds. The second-order valence-electron chi connectivity index (χ2n) is 13.7. The molecule has 0 aromatic heterocycles. The van der Waals surface area contributed by atoms with Crippen molar-refractivity contribution >= 4 is 13.7 Å². The van der Waals surface area contributed by atoms with E-state index in [1.54, 1.807) is 6.08 Å². The zero-order chi connectivity index (χ0) is 36.3. The number of carbonyl (C=O) groups is 1. The minimum Gasteiger partial charge on any atom is -0.393 e. The summed E-state index contributed by atoms with van der Waals surface area (Å²) < 4.78 is 21.9. The molecule has 6 N–H and O–H groups in total. The first kappa shape index (κ1) is 47.9. The highest BCUT2D eigenvalue weighted by Crippen LogP contribution is 2.43. The summed E-state index contributed by atoms with van der Waals surface area (Å²) in [6, 6.07) is -0.993. The van der Waals surface area contributed by atoms with Crippen LogP contribution >= 0.6 is 7.82 Å². The van der Waals surface area contributed by atoms with Crippen LogP contribution in [-0.4, -0.2) is 59.0 Å². The first-order chi connectivity index (χ1) is 23.8. The summed E-state index contributed by atoms with van der Waals surface area (Å²) in [5.74, 6) is -0.457. The van der Waals surface area contributed by atoms with Crippen molar-refractivity contribution in [1.82, 2.24) is 5.32 Å². The van der Waals surface area contributed by atoms with Gasteiger partial charge in [0.05, 0.1) is 37.9 Å². The number of aliphatic hydroxyl groups excluding tert-OH is 2. The second kappa shape index (κ2) is 35.3. The third kappa shape index (κ3) is 33.8. The number of phosphoric acid groups is 1. The summed E-state index contributed by atoms with van der Waals surface area (Å²) in [5, 5.41) is 23.9. The number of carbonyl (C=O) groups excluding carboxylic acids is 1. The highest BCUT2D eigenvalue weighted by atomic mass is 31.2. The third-order valence-corrected chi connectivity index (χ3v) is 9.82. The van der Waals surface area contributed by atoms with E-state index in [0.717, 1.165) is 32.1 Å². The van der Waals surface area contributed by atoms with Gasteiger partial charge in [-0.15, -0.1) is 0 Å². The van der Waals surface area contributed by atoms with Crippen LogP contribution in [0.25, 0.3) is 0 Å². The Morgan fingerprint density at radius 3 is 1.69 bits per heavy atom. The summed E-state index contributed by atoms with van der Waals surface area (Å²) in [5.41, 5.74) is 5.34. The van der Waals surface area contributed by atoms with Crippen molar-refractivity contribution in [2.45, 2.75) is 199 Å². The average molecular weight is 717 g/mol. The van der Waals surface area contributed by atoms with E-state index in [2.05, 4.69) is 31.3 Å². The lowest BCUT2D eigenvalue weighted by atomic mass is 10.0. The minimum atomic E-state index is -4.39. The van der Waals surface area contributed by atoms with E-state index >= 15 is 0 Å². The molecule has 0 fully saturated rings. The lowest BCUT2D eigenvalue weighted by molar-refractivity contribution is -0.124. The summed E-state index contributed by atoms with van der Waals surface area (Å²) in [4.78, 5) is 22.6. The van der Waals surface area contributed by atoms with E-state index in [0.29, 0.717) is 12.8 Å². The molecule has 0 bridgehead atoms. The van der Waals surface area contributed by atoms with E-state index in [-0.39, 0.29) is 19.6 Å². The van der Waals surface area contributed by atoms with Gasteiger partial charge >= 0.3 is 7.82 Å². The molecular weight excluding hydrogens is 639 g/mol. The van der Waals surface area contributed by atoms with Gasteiger partial charge in [0.25, 0.3) is 0 Å². The summed E-state index contributed by atoms with van der Waals surface area (Å²) >= 11 is 0. The molecule has 49 heavy (non-hydrogen) atoms. The van der Waals surface area contributed by atoms with Gasteiger partial charge in [0.1, 0.15) is 0 Å². The van der Waals surface area contributed by atoms with Crippen LogP contribution in [0.1, 0.15) is 181 Å². The highest BCUT2D eigenvalue weighted by Gasteiger charge is 2.27. The lowest BCUT2D eigenvalue weighted by Crippen LogP contribution is -2.46.